The zero-order valence-corrected chi connectivity index (χ0v) is 17.9. The van der Waals surface area contributed by atoms with Crippen molar-refractivity contribution in [2.24, 2.45) is 0 Å². The third-order valence-electron chi connectivity index (χ3n) is 5.87. The molecule has 1 heteroatoms. The maximum Gasteiger partial charge on any atom is 0.0784 e. The van der Waals surface area contributed by atoms with Gasteiger partial charge >= 0.3 is 0 Å². The Hall–Kier alpha value is -0.0400. The predicted octanol–water partition coefficient (Wildman–Crippen LogP) is 7.73. The highest BCUT2D eigenvalue weighted by Gasteiger charge is 2.17. The number of quaternary nitrogens is 1. The Labute approximate surface area is 155 Å². The molecule has 0 aliphatic carbocycles. The average Bonchev–Trinajstić information content (AvgIpc) is 2.59. The third kappa shape index (κ3) is 15.5. The summed E-state index contributed by atoms with van der Waals surface area (Å²) in [4.78, 5) is 0. The molecule has 0 bridgehead atoms. The highest BCUT2D eigenvalue weighted by atomic mass is 15.3. The Morgan fingerprint density at radius 2 is 0.708 bits per heavy atom. The van der Waals surface area contributed by atoms with Gasteiger partial charge in [-0.2, -0.15) is 0 Å². The lowest BCUT2D eigenvalue weighted by atomic mass is 10.1. The lowest BCUT2D eigenvalue weighted by molar-refractivity contribution is -0.908. The molecule has 0 aromatic heterocycles. The summed E-state index contributed by atoms with van der Waals surface area (Å²) in [5.41, 5.74) is 0. The van der Waals surface area contributed by atoms with E-state index in [1.54, 1.807) is 0 Å². The zero-order chi connectivity index (χ0) is 17.9. The molecule has 0 aromatic rings. The molecule has 0 aliphatic rings. The number of unbranched alkanes of at least 4 members (excludes halogenated alkanes) is 14. The van der Waals surface area contributed by atoms with Gasteiger partial charge in [-0.15, -0.1) is 0 Å². The van der Waals surface area contributed by atoms with Gasteiger partial charge in [0.2, 0.25) is 0 Å². The molecule has 0 aromatic carbocycles. The highest BCUT2D eigenvalue weighted by Crippen LogP contribution is 2.14. The predicted molar refractivity (Wildman–Crippen MR) is 112 cm³/mol. The van der Waals surface area contributed by atoms with Gasteiger partial charge in [0, 0.05) is 0 Å². The lowest BCUT2D eigenvalue weighted by Gasteiger charge is -2.33. The summed E-state index contributed by atoms with van der Waals surface area (Å²) in [6.07, 6.45) is 23.1. The second-order valence-electron chi connectivity index (χ2n) is 8.33. The topological polar surface area (TPSA) is 0 Å². The summed E-state index contributed by atoms with van der Waals surface area (Å²) in [6, 6.07) is 0. The number of hydrogen-bond donors (Lipinski definition) is 0. The van der Waals surface area contributed by atoms with Crippen LogP contribution in [0.2, 0.25) is 0 Å². The monoisotopic (exact) mass is 340 g/mol. The summed E-state index contributed by atoms with van der Waals surface area (Å²) in [5.74, 6) is 0. The van der Waals surface area contributed by atoms with Gasteiger partial charge < -0.3 is 4.48 Å². The fraction of sp³-hybridized carbons (Fsp3) is 1.00. The number of nitrogens with zero attached hydrogens (tertiary/aromatic N) is 1. The van der Waals surface area contributed by atoms with Crippen LogP contribution >= 0.6 is 0 Å². The summed E-state index contributed by atoms with van der Waals surface area (Å²) in [6.45, 7) is 11.1. The molecular weight excluding hydrogens is 290 g/mol. The molecule has 0 rings (SSSR count). The van der Waals surface area contributed by atoms with Gasteiger partial charge in [0.05, 0.1) is 26.7 Å². The molecule has 0 radical (unpaired) electrons. The minimum absolute atomic E-state index is 1.31. The van der Waals surface area contributed by atoms with E-state index in [0.29, 0.717) is 0 Å². The molecule has 0 spiro atoms. The van der Waals surface area contributed by atoms with Crippen LogP contribution in [0.15, 0.2) is 0 Å². The van der Waals surface area contributed by atoms with E-state index in [4.69, 9.17) is 0 Å². The SMILES string of the molecule is CCCCCCCCCC[N+](C)(CC)CCCCCCCCCC. The van der Waals surface area contributed by atoms with Crippen molar-refractivity contribution in [3.8, 4) is 0 Å². The molecule has 24 heavy (non-hydrogen) atoms. The Balaban J connectivity index is 3.51. The van der Waals surface area contributed by atoms with Crippen molar-refractivity contribution in [2.45, 2.75) is 124 Å². The van der Waals surface area contributed by atoms with Gasteiger partial charge in [0.1, 0.15) is 0 Å². The molecule has 0 saturated heterocycles. The van der Waals surface area contributed by atoms with E-state index in [1.807, 2.05) is 0 Å². The maximum absolute atomic E-state index is 2.49. The van der Waals surface area contributed by atoms with Crippen molar-refractivity contribution in [2.75, 3.05) is 26.7 Å². The second-order valence-corrected chi connectivity index (χ2v) is 8.33. The van der Waals surface area contributed by atoms with Crippen LogP contribution in [0, 0.1) is 0 Å². The molecule has 0 fully saturated rings. The van der Waals surface area contributed by atoms with Crippen LogP contribution in [-0.2, 0) is 0 Å². The quantitative estimate of drug-likeness (QED) is 0.167. The van der Waals surface area contributed by atoms with Crippen molar-refractivity contribution in [1.82, 2.24) is 0 Å². The van der Waals surface area contributed by atoms with Crippen molar-refractivity contribution in [1.29, 1.82) is 0 Å². The van der Waals surface area contributed by atoms with Gasteiger partial charge in [-0.25, -0.2) is 0 Å². The van der Waals surface area contributed by atoms with E-state index in [-0.39, 0.29) is 0 Å². The molecule has 0 saturated carbocycles. The number of rotatable bonds is 19. The van der Waals surface area contributed by atoms with E-state index in [1.165, 1.54) is 127 Å². The Morgan fingerprint density at radius 1 is 0.417 bits per heavy atom. The van der Waals surface area contributed by atoms with Crippen LogP contribution < -0.4 is 0 Å². The smallest absolute Gasteiger partial charge is 0.0784 e. The van der Waals surface area contributed by atoms with E-state index in [0.717, 1.165) is 0 Å². The van der Waals surface area contributed by atoms with Crippen molar-refractivity contribution >= 4 is 0 Å². The van der Waals surface area contributed by atoms with Crippen LogP contribution in [0.3, 0.4) is 0 Å². The molecule has 0 N–H and O–H groups in total. The molecule has 0 unspecified atom stereocenters. The van der Waals surface area contributed by atoms with Gasteiger partial charge in [-0.1, -0.05) is 90.9 Å². The standard InChI is InChI=1S/C23H50N/c1-5-8-10-12-14-16-18-20-22-24(4,7-3)23-21-19-17-15-13-11-9-6-2/h5-23H2,1-4H3/q+1. The number of hydrogen-bond acceptors (Lipinski definition) is 0. The van der Waals surface area contributed by atoms with Gasteiger partial charge in [0.15, 0.2) is 0 Å². The first-order chi connectivity index (χ1) is 11.7. The zero-order valence-electron chi connectivity index (χ0n) is 17.9. The largest absolute Gasteiger partial charge is 0.326 e. The van der Waals surface area contributed by atoms with E-state index >= 15 is 0 Å². The molecule has 0 aliphatic heterocycles. The molecule has 1 nitrogen and oxygen atoms in total. The maximum atomic E-state index is 2.49. The fourth-order valence-electron chi connectivity index (χ4n) is 3.68. The first-order valence-corrected chi connectivity index (χ1v) is 11.5. The van der Waals surface area contributed by atoms with Crippen LogP contribution in [0.4, 0.5) is 0 Å². The summed E-state index contributed by atoms with van der Waals surface area (Å²) in [5, 5.41) is 0. The molecule has 146 valence electrons. The van der Waals surface area contributed by atoms with Gasteiger partial charge in [-0.3, -0.25) is 0 Å². The minimum atomic E-state index is 1.31. The second kappa shape index (κ2) is 17.8. The van der Waals surface area contributed by atoms with Crippen molar-refractivity contribution in [3.63, 3.8) is 0 Å². The highest BCUT2D eigenvalue weighted by molar-refractivity contribution is 4.49. The van der Waals surface area contributed by atoms with Crippen LogP contribution in [-0.4, -0.2) is 31.2 Å². The van der Waals surface area contributed by atoms with Crippen molar-refractivity contribution in [3.05, 3.63) is 0 Å². The summed E-state index contributed by atoms with van der Waals surface area (Å²) in [7, 11) is 2.49. The molecule has 0 atom stereocenters. The molecular formula is C23H50N+. The first-order valence-electron chi connectivity index (χ1n) is 11.5. The Morgan fingerprint density at radius 3 is 1.00 bits per heavy atom. The minimum Gasteiger partial charge on any atom is -0.326 e. The van der Waals surface area contributed by atoms with Crippen LogP contribution in [0.1, 0.15) is 124 Å². The van der Waals surface area contributed by atoms with Crippen LogP contribution in [0.5, 0.6) is 0 Å². The average molecular weight is 341 g/mol. The normalized spacial score (nSPS) is 12.0. The molecule has 0 heterocycles. The third-order valence-corrected chi connectivity index (χ3v) is 5.87. The van der Waals surface area contributed by atoms with E-state index < -0.39 is 0 Å². The lowest BCUT2D eigenvalue weighted by Crippen LogP contribution is -2.45. The Kier molecular flexibility index (Phi) is 17.7. The van der Waals surface area contributed by atoms with Crippen molar-refractivity contribution < 1.29 is 4.48 Å². The first kappa shape index (κ1) is 24.0. The fourth-order valence-corrected chi connectivity index (χ4v) is 3.68. The van der Waals surface area contributed by atoms with Gasteiger partial charge in [-0.05, 0) is 32.6 Å². The van der Waals surface area contributed by atoms with Crippen LogP contribution in [0.25, 0.3) is 0 Å². The summed E-state index contributed by atoms with van der Waals surface area (Å²) < 4.78 is 1.31. The van der Waals surface area contributed by atoms with Gasteiger partial charge in [0.25, 0.3) is 0 Å². The molecule has 0 amide bonds. The Bertz CT molecular complexity index is 216. The van der Waals surface area contributed by atoms with E-state index in [2.05, 4.69) is 27.8 Å². The van der Waals surface area contributed by atoms with E-state index in [9.17, 15) is 0 Å². The summed E-state index contributed by atoms with van der Waals surface area (Å²) >= 11 is 0.